The molecule has 0 radical (unpaired) electrons. The molecule has 0 aliphatic carbocycles. The molecule has 3 N–H and O–H groups in total. The molecule has 1 atom stereocenters. The third-order valence-electron chi connectivity index (χ3n) is 6.98. The number of halogens is 2. The molecule has 0 spiro atoms. The summed E-state index contributed by atoms with van der Waals surface area (Å²) in [7, 11) is 0. The summed E-state index contributed by atoms with van der Waals surface area (Å²) in [6.07, 6.45) is 4.44. The Morgan fingerprint density at radius 1 is 1.23 bits per heavy atom. The van der Waals surface area contributed by atoms with Crippen LogP contribution in [-0.4, -0.2) is 60.4 Å². The molecule has 4 aromatic rings. The Kier molecular flexibility index (Phi) is 7.09. The van der Waals surface area contributed by atoms with Gasteiger partial charge in [-0.05, 0) is 32.9 Å². The topological polar surface area (TPSA) is 136 Å². The number of carboxylic acids is 1. The van der Waals surface area contributed by atoms with E-state index in [1.165, 1.54) is 23.2 Å². The first-order chi connectivity index (χ1) is 19.0. The molecule has 10 nitrogen and oxygen atoms in total. The SMILES string of the molecule is Cc1nc([C@@H](C)c2cc(Cl)c(F)c(-c3ccc(C(=O)N4CC(C(=O)O)C4)nc3)c2OC(C)C)n2ccnc(N)c12. The van der Waals surface area contributed by atoms with Gasteiger partial charge in [-0.3, -0.25) is 19.0 Å². The largest absolute Gasteiger partial charge is 0.490 e. The number of aliphatic carboxylic acids is 1. The quantitative estimate of drug-likeness (QED) is 0.332. The van der Waals surface area contributed by atoms with Crippen LogP contribution in [0.1, 0.15) is 54.3 Å². The lowest BCUT2D eigenvalue weighted by Gasteiger charge is -2.36. The van der Waals surface area contributed by atoms with E-state index >= 15 is 4.39 Å². The van der Waals surface area contributed by atoms with E-state index in [0.717, 1.165) is 0 Å². The number of benzene rings is 1. The van der Waals surface area contributed by atoms with Gasteiger partial charge in [-0.15, -0.1) is 0 Å². The number of hydrogen-bond donors (Lipinski definition) is 2. The standard InChI is InChI=1S/C28H28ClFN6O4/c1-13(2)40-24-18(14(3)26-34-15(4)23-25(31)32-7-8-36(23)26)9-19(29)22(30)21(24)16-5-6-20(33-10-16)27(37)35-11-17(12-35)28(38)39/h5-10,13-14,17H,11-12H2,1-4H3,(H2,31,32)(H,38,39)/t14-/m0/s1. The van der Waals surface area contributed by atoms with E-state index < -0.39 is 23.6 Å². The average molecular weight is 567 g/mol. The average Bonchev–Trinajstić information content (AvgIpc) is 3.22. The monoisotopic (exact) mass is 566 g/mol. The van der Waals surface area contributed by atoms with E-state index in [9.17, 15) is 9.59 Å². The molecule has 1 saturated heterocycles. The minimum atomic E-state index is -0.940. The van der Waals surface area contributed by atoms with Gasteiger partial charge in [-0.25, -0.2) is 14.4 Å². The zero-order valence-corrected chi connectivity index (χ0v) is 23.1. The van der Waals surface area contributed by atoms with Crippen molar-refractivity contribution in [2.75, 3.05) is 18.8 Å². The van der Waals surface area contributed by atoms with E-state index in [0.29, 0.717) is 34.0 Å². The van der Waals surface area contributed by atoms with Crippen molar-refractivity contribution < 1.29 is 23.8 Å². The first-order valence-corrected chi connectivity index (χ1v) is 13.1. The molecular formula is C28H28ClFN6O4. The van der Waals surface area contributed by atoms with Crippen molar-refractivity contribution in [3.63, 3.8) is 0 Å². The molecule has 208 valence electrons. The van der Waals surface area contributed by atoms with Crippen molar-refractivity contribution in [2.24, 2.45) is 5.92 Å². The number of aromatic nitrogens is 4. The summed E-state index contributed by atoms with van der Waals surface area (Å²) in [5.74, 6) is -1.70. The van der Waals surface area contributed by atoms with Crippen LogP contribution in [0.5, 0.6) is 5.75 Å². The zero-order chi connectivity index (χ0) is 28.9. The summed E-state index contributed by atoms with van der Waals surface area (Å²) in [6.45, 7) is 7.68. The molecule has 1 aliphatic rings. The highest BCUT2D eigenvalue weighted by atomic mass is 35.5. The van der Waals surface area contributed by atoms with Crippen LogP contribution in [0.25, 0.3) is 16.6 Å². The number of anilines is 1. The van der Waals surface area contributed by atoms with Gasteiger partial charge in [-0.2, -0.15) is 0 Å². The molecule has 0 bridgehead atoms. The van der Waals surface area contributed by atoms with Gasteiger partial charge in [0.05, 0.1) is 28.3 Å². The van der Waals surface area contributed by atoms with Crippen molar-refractivity contribution in [1.29, 1.82) is 0 Å². The number of carbonyl (C=O) groups excluding carboxylic acids is 1. The molecule has 1 fully saturated rings. The summed E-state index contributed by atoms with van der Waals surface area (Å²) < 4.78 is 23.8. The Bertz CT molecular complexity index is 1630. The van der Waals surface area contributed by atoms with Crippen LogP contribution in [0.15, 0.2) is 36.8 Å². The Morgan fingerprint density at radius 3 is 2.58 bits per heavy atom. The number of aryl methyl sites for hydroxylation is 1. The van der Waals surface area contributed by atoms with Crippen LogP contribution >= 0.6 is 11.6 Å². The van der Waals surface area contributed by atoms with Crippen LogP contribution < -0.4 is 10.5 Å². The fraction of sp³-hybridized carbons (Fsp3) is 0.321. The van der Waals surface area contributed by atoms with Crippen molar-refractivity contribution in [2.45, 2.75) is 39.7 Å². The number of nitrogen functional groups attached to an aromatic ring is 1. The maximum atomic E-state index is 15.7. The normalized spacial score (nSPS) is 14.4. The molecular weight excluding hydrogens is 539 g/mol. The molecule has 40 heavy (non-hydrogen) atoms. The number of nitrogens with zero attached hydrogens (tertiary/aromatic N) is 5. The van der Waals surface area contributed by atoms with Gasteiger partial charge >= 0.3 is 5.97 Å². The maximum absolute atomic E-state index is 15.7. The third kappa shape index (κ3) is 4.70. The van der Waals surface area contributed by atoms with E-state index in [2.05, 4.69) is 9.97 Å². The van der Waals surface area contributed by atoms with Crippen LogP contribution in [0, 0.1) is 18.7 Å². The van der Waals surface area contributed by atoms with Crippen LogP contribution in [0.3, 0.4) is 0 Å². The van der Waals surface area contributed by atoms with Gasteiger partial charge in [0.25, 0.3) is 5.91 Å². The van der Waals surface area contributed by atoms with Gasteiger partial charge < -0.3 is 20.5 Å². The highest BCUT2D eigenvalue weighted by Gasteiger charge is 2.36. The number of amides is 1. The van der Waals surface area contributed by atoms with Crippen molar-refractivity contribution in [3.05, 3.63) is 70.4 Å². The first kappa shape index (κ1) is 27.3. The summed E-state index contributed by atoms with van der Waals surface area (Å²) >= 11 is 6.43. The maximum Gasteiger partial charge on any atom is 0.310 e. The molecule has 1 aromatic carbocycles. The molecule has 5 rings (SSSR count). The Balaban J connectivity index is 1.57. The second-order valence-corrected chi connectivity index (χ2v) is 10.5. The lowest BCUT2D eigenvalue weighted by molar-refractivity contribution is -0.146. The minimum absolute atomic E-state index is 0.104. The summed E-state index contributed by atoms with van der Waals surface area (Å²) in [6, 6.07) is 4.60. The van der Waals surface area contributed by atoms with Gasteiger partial charge in [0.1, 0.15) is 28.6 Å². The lowest BCUT2D eigenvalue weighted by atomic mass is 9.93. The van der Waals surface area contributed by atoms with Gasteiger partial charge in [-0.1, -0.05) is 24.6 Å². The molecule has 0 saturated carbocycles. The fourth-order valence-electron chi connectivity index (χ4n) is 4.91. The van der Waals surface area contributed by atoms with E-state index in [1.54, 1.807) is 18.5 Å². The number of imidazole rings is 1. The number of carboxylic acid groups (broad SMARTS) is 1. The lowest BCUT2D eigenvalue weighted by Crippen LogP contribution is -2.53. The molecule has 1 amide bonds. The number of nitrogens with two attached hydrogens (primary N) is 1. The summed E-state index contributed by atoms with van der Waals surface area (Å²) in [5, 5.41) is 8.97. The molecule has 4 heterocycles. The number of pyridine rings is 1. The van der Waals surface area contributed by atoms with Crippen LogP contribution in [-0.2, 0) is 4.79 Å². The van der Waals surface area contributed by atoms with Crippen LogP contribution in [0.2, 0.25) is 5.02 Å². The minimum Gasteiger partial charge on any atom is -0.490 e. The second kappa shape index (κ2) is 10.4. The van der Waals surface area contributed by atoms with Gasteiger partial charge in [0, 0.05) is 48.7 Å². The summed E-state index contributed by atoms with van der Waals surface area (Å²) in [5.41, 5.74) is 8.71. The predicted molar refractivity (Wildman–Crippen MR) is 147 cm³/mol. The summed E-state index contributed by atoms with van der Waals surface area (Å²) in [4.78, 5) is 38.4. The molecule has 12 heteroatoms. The first-order valence-electron chi connectivity index (χ1n) is 12.7. The Hall–Kier alpha value is -4.25. The molecule has 0 unspecified atom stereocenters. The second-order valence-electron chi connectivity index (χ2n) is 10.1. The Labute approximate surface area is 234 Å². The molecule has 3 aromatic heterocycles. The number of fused-ring (bicyclic) bond motifs is 1. The number of likely N-dealkylation sites (tertiary alicyclic amines) is 1. The van der Waals surface area contributed by atoms with E-state index in [4.69, 9.17) is 32.2 Å². The van der Waals surface area contributed by atoms with Crippen molar-refractivity contribution >= 4 is 34.8 Å². The van der Waals surface area contributed by atoms with Gasteiger partial charge in [0.15, 0.2) is 5.82 Å². The van der Waals surface area contributed by atoms with Crippen molar-refractivity contribution in [3.8, 4) is 16.9 Å². The van der Waals surface area contributed by atoms with E-state index in [1.807, 2.05) is 32.1 Å². The molecule has 1 aliphatic heterocycles. The highest BCUT2D eigenvalue weighted by Crippen LogP contribution is 2.44. The predicted octanol–water partition coefficient (Wildman–Crippen LogP) is 4.57. The zero-order valence-electron chi connectivity index (χ0n) is 22.4. The van der Waals surface area contributed by atoms with Crippen LogP contribution in [0.4, 0.5) is 10.2 Å². The smallest absolute Gasteiger partial charge is 0.310 e. The highest BCUT2D eigenvalue weighted by molar-refractivity contribution is 6.31. The number of rotatable bonds is 7. The van der Waals surface area contributed by atoms with E-state index in [-0.39, 0.29) is 47.1 Å². The number of carbonyl (C=O) groups is 2. The van der Waals surface area contributed by atoms with Crippen molar-refractivity contribution in [1.82, 2.24) is 24.3 Å². The third-order valence-corrected chi connectivity index (χ3v) is 7.26. The Morgan fingerprint density at radius 2 is 1.95 bits per heavy atom. The van der Waals surface area contributed by atoms with Gasteiger partial charge in [0.2, 0.25) is 0 Å². The fourth-order valence-corrected chi connectivity index (χ4v) is 5.13. The number of hydrogen-bond acceptors (Lipinski definition) is 7. The number of ether oxygens (including phenoxy) is 1.